The zero-order valence-electron chi connectivity index (χ0n) is 12.8. The summed E-state index contributed by atoms with van der Waals surface area (Å²) in [5, 5.41) is 4.20. The number of nitrogens with one attached hydrogen (secondary N) is 1. The van der Waals surface area contributed by atoms with E-state index in [1.54, 1.807) is 0 Å². The van der Waals surface area contributed by atoms with Crippen molar-refractivity contribution in [3.05, 3.63) is 29.0 Å². The smallest absolute Gasteiger partial charge is 0.111 e. The van der Waals surface area contributed by atoms with Crippen LogP contribution in [-0.4, -0.2) is 22.1 Å². The number of fused-ring (bicyclic) bond motifs is 1. The average molecular weight is 294 g/mol. The van der Waals surface area contributed by atoms with Gasteiger partial charge in [0.1, 0.15) is 5.82 Å². The third-order valence-corrected chi connectivity index (χ3v) is 3.47. The maximum atomic E-state index is 6.07. The Morgan fingerprint density at radius 3 is 2.65 bits per heavy atom. The van der Waals surface area contributed by atoms with E-state index in [0.717, 1.165) is 35.9 Å². The van der Waals surface area contributed by atoms with Crippen molar-refractivity contribution < 1.29 is 0 Å². The van der Waals surface area contributed by atoms with E-state index in [2.05, 4.69) is 43.6 Å². The molecule has 0 spiro atoms. The zero-order valence-corrected chi connectivity index (χ0v) is 13.5. The average Bonchev–Trinajstić information content (AvgIpc) is 2.65. The summed E-state index contributed by atoms with van der Waals surface area (Å²) in [6.45, 7) is 10.7. The Morgan fingerprint density at radius 2 is 2.00 bits per heavy atom. The third-order valence-electron chi connectivity index (χ3n) is 3.24. The summed E-state index contributed by atoms with van der Waals surface area (Å²) in [7, 11) is 0. The fraction of sp³-hybridized carbons (Fsp3) is 0.562. The lowest BCUT2D eigenvalue weighted by atomic mass is 10.2. The molecule has 2 aromatic rings. The molecule has 0 radical (unpaired) electrons. The molecule has 0 bridgehead atoms. The highest BCUT2D eigenvalue weighted by Crippen LogP contribution is 2.22. The van der Waals surface area contributed by atoms with Crippen molar-refractivity contribution in [3.63, 3.8) is 0 Å². The van der Waals surface area contributed by atoms with Gasteiger partial charge in [0.05, 0.1) is 11.0 Å². The van der Waals surface area contributed by atoms with Crippen LogP contribution in [-0.2, 0) is 13.0 Å². The van der Waals surface area contributed by atoms with Crippen molar-refractivity contribution >= 4 is 22.6 Å². The lowest BCUT2D eigenvalue weighted by Gasteiger charge is -2.13. The minimum absolute atomic E-state index is 0.507. The van der Waals surface area contributed by atoms with Gasteiger partial charge in [0.15, 0.2) is 0 Å². The summed E-state index contributed by atoms with van der Waals surface area (Å²) in [5.41, 5.74) is 2.18. The molecular formula is C16H24ClN3. The highest BCUT2D eigenvalue weighted by molar-refractivity contribution is 6.31. The summed E-state index contributed by atoms with van der Waals surface area (Å²) in [5.74, 6) is 1.74. The third kappa shape index (κ3) is 3.74. The Labute approximate surface area is 126 Å². The molecule has 4 heteroatoms. The molecule has 0 aliphatic heterocycles. The molecule has 0 unspecified atom stereocenters. The maximum absolute atomic E-state index is 6.07. The van der Waals surface area contributed by atoms with Gasteiger partial charge in [0.2, 0.25) is 0 Å². The number of imidazole rings is 1. The molecule has 0 fully saturated rings. The molecule has 20 heavy (non-hydrogen) atoms. The second kappa shape index (κ2) is 6.59. The van der Waals surface area contributed by atoms with Crippen LogP contribution in [0.15, 0.2) is 18.2 Å². The van der Waals surface area contributed by atoms with Crippen LogP contribution in [0.2, 0.25) is 5.02 Å². The molecule has 3 nitrogen and oxygen atoms in total. The molecule has 0 aliphatic carbocycles. The van der Waals surface area contributed by atoms with Crippen LogP contribution in [0.4, 0.5) is 0 Å². The van der Waals surface area contributed by atoms with E-state index >= 15 is 0 Å². The highest BCUT2D eigenvalue weighted by atomic mass is 35.5. The van der Waals surface area contributed by atoms with Crippen molar-refractivity contribution in [2.75, 3.05) is 6.54 Å². The van der Waals surface area contributed by atoms with Gasteiger partial charge in [-0.05, 0) is 24.1 Å². The highest BCUT2D eigenvalue weighted by Gasteiger charge is 2.12. The fourth-order valence-electron chi connectivity index (χ4n) is 2.39. The molecule has 1 heterocycles. The Bertz CT molecular complexity index is 572. The molecule has 0 saturated heterocycles. The van der Waals surface area contributed by atoms with Gasteiger partial charge >= 0.3 is 0 Å². The summed E-state index contributed by atoms with van der Waals surface area (Å²) >= 11 is 6.07. The first kappa shape index (κ1) is 15.3. The number of aromatic nitrogens is 2. The molecule has 0 aliphatic rings. The predicted molar refractivity (Wildman–Crippen MR) is 86.4 cm³/mol. The standard InChI is InChI=1S/C16H24ClN3/c1-11(2)10-20-15-6-5-13(17)9-14(15)19-16(20)7-8-18-12(3)4/h5-6,9,11-12,18H,7-8,10H2,1-4H3. The maximum Gasteiger partial charge on any atom is 0.111 e. The van der Waals surface area contributed by atoms with E-state index in [1.807, 2.05) is 12.1 Å². The van der Waals surface area contributed by atoms with E-state index in [1.165, 1.54) is 5.52 Å². The molecule has 2 rings (SSSR count). The van der Waals surface area contributed by atoms with Crippen LogP contribution in [0.5, 0.6) is 0 Å². The van der Waals surface area contributed by atoms with Crippen LogP contribution in [0.25, 0.3) is 11.0 Å². The van der Waals surface area contributed by atoms with E-state index in [0.29, 0.717) is 12.0 Å². The quantitative estimate of drug-likeness (QED) is 0.876. The number of halogens is 1. The minimum Gasteiger partial charge on any atom is -0.328 e. The van der Waals surface area contributed by atoms with Gasteiger partial charge in [-0.2, -0.15) is 0 Å². The fourth-order valence-corrected chi connectivity index (χ4v) is 2.55. The normalized spacial score (nSPS) is 11.9. The van der Waals surface area contributed by atoms with Gasteiger partial charge in [-0.25, -0.2) is 4.98 Å². The van der Waals surface area contributed by atoms with Gasteiger partial charge < -0.3 is 9.88 Å². The molecule has 1 N–H and O–H groups in total. The number of nitrogens with zero attached hydrogens (tertiary/aromatic N) is 2. The molecule has 1 aromatic heterocycles. The Morgan fingerprint density at radius 1 is 1.25 bits per heavy atom. The number of hydrogen-bond donors (Lipinski definition) is 1. The lowest BCUT2D eigenvalue weighted by Crippen LogP contribution is -2.26. The summed E-state index contributed by atoms with van der Waals surface area (Å²) < 4.78 is 2.33. The first-order valence-corrected chi connectivity index (χ1v) is 7.73. The van der Waals surface area contributed by atoms with Crippen LogP contribution < -0.4 is 5.32 Å². The van der Waals surface area contributed by atoms with Crippen molar-refractivity contribution in [2.24, 2.45) is 5.92 Å². The van der Waals surface area contributed by atoms with Gasteiger partial charge in [-0.3, -0.25) is 0 Å². The molecular weight excluding hydrogens is 270 g/mol. The zero-order chi connectivity index (χ0) is 14.7. The second-order valence-electron chi connectivity index (χ2n) is 6.02. The van der Waals surface area contributed by atoms with Crippen LogP contribution in [0, 0.1) is 5.92 Å². The lowest BCUT2D eigenvalue weighted by molar-refractivity contribution is 0.507. The van der Waals surface area contributed by atoms with Crippen LogP contribution >= 0.6 is 11.6 Å². The second-order valence-corrected chi connectivity index (χ2v) is 6.46. The van der Waals surface area contributed by atoms with Gasteiger partial charge in [-0.1, -0.05) is 39.3 Å². The summed E-state index contributed by atoms with van der Waals surface area (Å²) in [6, 6.07) is 6.48. The molecule has 1 aromatic carbocycles. The summed E-state index contributed by atoms with van der Waals surface area (Å²) in [6.07, 6.45) is 0.942. The van der Waals surface area contributed by atoms with Crippen LogP contribution in [0.1, 0.15) is 33.5 Å². The summed E-state index contributed by atoms with van der Waals surface area (Å²) in [4.78, 5) is 4.76. The van der Waals surface area contributed by atoms with E-state index in [4.69, 9.17) is 16.6 Å². The van der Waals surface area contributed by atoms with Crippen molar-refractivity contribution in [2.45, 2.75) is 46.7 Å². The number of hydrogen-bond acceptors (Lipinski definition) is 2. The largest absolute Gasteiger partial charge is 0.328 e. The molecule has 0 atom stereocenters. The monoisotopic (exact) mass is 293 g/mol. The first-order chi connectivity index (χ1) is 9.47. The molecule has 110 valence electrons. The van der Waals surface area contributed by atoms with E-state index in [9.17, 15) is 0 Å². The topological polar surface area (TPSA) is 29.9 Å². The predicted octanol–water partition coefficient (Wildman–Crippen LogP) is 3.89. The van der Waals surface area contributed by atoms with Gasteiger partial charge in [-0.15, -0.1) is 0 Å². The van der Waals surface area contributed by atoms with Gasteiger partial charge in [0, 0.05) is 30.6 Å². The Kier molecular flexibility index (Phi) is 5.06. The van der Waals surface area contributed by atoms with Crippen molar-refractivity contribution in [1.82, 2.24) is 14.9 Å². The number of benzene rings is 1. The molecule has 0 saturated carbocycles. The van der Waals surface area contributed by atoms with Crippen molar-refractivity contribution in [1.29, 1.82) is 0 Å². The SMILES string of the molecule is CC(C)Cn1c(CCNC(C)C)nc2cc(Cl)ccc21. The van der Waals surface area contributed by atoms with Gasteiger partial charge in [0.25, 0.3) is 0 Å². The van der Waals surface area contributed by atoms with Crippen LogP contribution in [0.3, 0.4) is 0 Å². The minimum atomic E-state index is 0.507. The van der Waals surface area contributed by atoms with E-state index < -0.39 is 0 Å². The Balaban J connectivity index is 2.30. The first-order valence-electron chi connectivity index (χ1n) is 7.35. The Hall–Kier alpha value is -1.06. The van der Waals surface area contributed by atoms with E-state index in [-0.39, 0.29) is 0 Å². The molecule has 0 amide bonds. The number of rotatable bonds is 6. The van der Waals surface area contributed by atoms with Crippen molar-refractivity contribution in [3.8, 4) is 0 Å².